The molecule has 0 saturated heterocycles. The van der Waals surface area contributed by atoms with E-state index in [2.05, 4.69) is 9.89 Å². The molecule has 1 amide bonds. The summed E-state index contributed by atoms with van der Waals surface area (Å²) in [5, 5.41) is 13.5. The molecular weight excluding hydrogens is 426 g/mol. The van der Waals surface area contributed by atoms with Crippen molar-refractivity contribution in [2.75, 3.05) is 41.6 Å². The molecule has 12 heteroatoms. The SMILES string of the molecule is CC[C@@H](O)COCC(/C(N)=N/O/C(=C/C(OC)OC)C(=O)OC)N(C)C(=O)OC(C)(C)C. The van der Waals surface area contributed by atoms with E-state index >= 15 is 0 Å². The van der Waals surface area contributed by atoms with Crippen LogP contribution in [0, 0.1) is 0 Å². The summed E-state index contributed by atoms with van der Waals surface area (Å²) in [6.45, 7) is 6.88. The minimum absolute atomic E-state index is 0.0277. The van der Waals surface area contributed by atoms with Crippen LogP contribution in [0.1, 0.15) is 34.1 Å². The summed E-state index contributed by atoms with van der Waals surface area (Å²) in [7, 11) is 5.34. The van der Waals surface area contributed by atoms with Crippen LogP contribution in [0.25, 0.3) is 0 Å². The van der Waals surface area contributed by atoms with E-state index in [1.165, 1.54) is 32.2 Å². The van der Waals surface area contributed by atoms with E-state index in [0.717, 1.165) is 7.11 Å². The van der Waals surface area contributed by atoms with Crippen LogP contribution in [-0.2, 0) is 33.3 Å². The van der Waals surface area contributed by atoms with Gasteiger partial charge in [-0.05, 0) is 27.2 Å². The summed E-state index contributed by atoms with van der Waals surface area (Å²) in [6.07, 6.45) is -0.566. The van der Waals surface area contributed by atoms with Crippen molar-refractivity contribution in [1.82, 2.24) is 4.90 Å². The lowest BCUT2D eigenvalue weighted by Crippen LogP contribution is -2.50. The van der Waals surface area contributed by atoms with Gasteiger partial charge in [0.1, 0.15) is 11.6 Å². The Morgan fingerprint density at radius 2 is 1.75 bits per heavy atom. The zero-order chi connectivity index (χ0) is 24.9. The number of oxime groups is 1. The molecule has 32 heavy (non-hydrogen) atoms. The molecule has 0 aliphatic heterocycles. The van der Waals surface area contributed by atoms with E-state index in [0.29, 0.717) is 6.42 Å². The lowest BCUT2D eigenvalue weighted by atomic mass is 10.2. The van der Waals surface area contributed by atoms with Gasteiger partial charge in [-0.1, -0.05) is 12.1 Å². The number of carbonyl (C=O) groups is 2. The van der Waals surface area contributed by atoms with Crippen LogP contribution in [0.15, 0.2) is 17.0 Å². The molecule has 0 fully saturated rings. The molecule has 0 spiro atoms. The Hall–Kier alpha value is -2.41. The lowest BCUT2D eigenvalue weighted by Gasteiger charge is -2.30. The number of rotatable bonds is 13. The molecule has 0 aromatic heterocycles. The number of esters is 1. The summed E-state index contributed by atoms with van der Waals surface area (Å²) in [5.41, 5.74) is 5.30. The zero-order valence-electron chi connectivity index (χ0n) is 20.1. The maximum atomic E-state index is 12.5. The van der Waals surface area contributed by atoms with Crippen molar-refractivity contribution in [3.05, 3.63) is 11.8 Å². The molecule has 2 atom stereocenters. The number of carbonyl (C=O) groups excluding carboxylic acids is 2. The van der Waals surface area contributed by atoms with E-state index in [-0.39, 0.29) is 24.8 Å². The fraction of sp³-hybridized carbons (Fsp3) is 0.750. The Balaban J connectivity index is 5.69. The number of ether oxygens (including phenoxy) is 5. The predicted molar refractivity (Wildman–Crippen MR) is 116 cm³/mol. The molecule has 0 saturated carbocycles. The Morgan fingerprint density at radius 3 is 2.22 bits per heavy atom. The second-order valence-corrected chi connectivity index (χ2v) is 7.68. The number of likely N-dealkylation sites (N-methyl/N-ethyl adjacent to an activating group) is 1. The van der Waals surface area contributed by atoms with Crippen LogP contribution in [0.4, 0.5) is 4.79 Å². The van der Waals surface area contributed by atoms with Crippen molar-refractivity contribution >= 4 is 17.9 Å². The fourth-order valence-electron chi connectivity index (χ4n) is 2.05. The molecule has 0 radical (unpaired) electrons. The maximum Gasteiger partial charge on any atom is 0.410 e. The standard InChI is InChI=1S/C20H37N3O9/c1-9-13(24)11-30-12-14(23(5)19(26)31-20(2,3)4)17(21)22-32-15(18(25)29-8)10-16(27-6)28-7/h10,13-14,16,24H,9,11-12H2,1-8H3,(H2,21,22)/b15-10+/t13-,14?/m1/s1. The number of methoxy groups -OCH3 is 3. The van der Waals surface area contributed by atoms with Crippen molar-refractivity contribution in [2.24, 2.45) is 10.9 Å². The number of aliphatic hydroxyl groups is 1. The number of amides is 1. The first kappa shape index (κ1) is 29.6. The molecular formula is C20H37N3O9. The first-order chi connectivity index (χ1) is 14.9. The van der Waals surface area contributed by atoms with Gasteiger partial charge in [0.05, 0.1) is 26.4 Å². The minimum Gasteiger partial charge on any atom is -0.463 e. The number of nitrogens with zero attached hydrogens (tertiary/aromatic N) is 2. The predicted octanol–water partition coefficient (Wildman–Crippen LogP) is 0.974. The molecule has 0 aliphatic rings. The third-order valence-corrected chi connectivity index (χ3v) is 3.94. The van der Waals surface area contributed by atoms with Gasteiger partial charge in [0.2, 0.25) is 5.76 Å². The van der Waals surface area contributed by atoms with E-state index in [4.69, 9.17) is 29.5 Å². The highest BCUT2D eigenvalue weighted by atomic mass is 16.7. The van der Waals surface area contributed by atoms with Crippen LogP contribution in [0.2, 0.25) is 0 Å². The number of nitrogens with two attached hydrogens (primary N) is 1. The van der Waals surface area contributed by atoms with E-state index in [9.17, 15) is 14.7 Å². The smallest absolute Gasteiger partial charge is 0.410 e. The molecule has 3 N–H and O–H groups in total. The average Bonchev–Trinajstić information content (AvgIpc) is 2.74. The van der Waals surface area contributed by atoms with Gasteiger partial charge in [0.25, 0.3) is 0 Å². The quantitative estimate of drug-likeness (QED) is 0.0769. The van der Waals surface area contributed by atoms with E-state index < -0.39 is 36.1 Å². The molecule has 0 heterocycles. The van der Waals surface area contributed by atoms with Crippen LogP contribution >= 0.6 is 0 Å². The molecule has 186 valence electrons. The third-order valence-electron chi connectivity index (χ3n) is 3.94. The highest BCUT2D eigenvalue weighted by Gasteiger charge is 2.29. The van der Waals surface area contributed by atoms with E-state index in [1.807, 2.05) is 0 Å². The molecule has 0 aromatic rings. The maximum absolute atomic E-state index is 12.5. The molecule has 0 aromatic carbocycles. The van der Waals surface area contributed by atoms with Crippen LogP contribution in [0.3, 0.4) is 0 Å². The van der Waals surface area contributed by atoms with Gasteiger partial charge in [-0.2, -0.15) is 0 Å². The van der Waals surface area contributed by atoms with Crippen molar-refractivity contribution in [3.8, 4) is 0 Å². The molecule has 0 bridgehead atoms. The van der Waals surface area contributed by atoms with Crippen LogP contribution in [-0.4, -0.2) is 93.5 Å². The van der Waals surface area contributed by atoms with Crippen LogP contribution < -0.4 is 5.73 Å². The highest BCUT2D eigenvalue weighted by Crippen LogP contribution is 2.12. The van der Waals surface area contributed by atoms with Gasteiger partial charge in [-0.15, -0.1) is 0 Å². The summed E-state index contributed by atoms with van der Waals surface area (Å²) in [6, 6.07) is -0.923. The highest BCUT2D eigenvalue weighted by molar-refractivity contribution is 5.89. The third kappa shape index (κ3) is 11.3. The minimum atomic E-state index is -0.923. The van der Waals surface area contributed by atoms with Gasteiger partial charge < -0.3 is 39.4 Å². The normalized spacial score (nSPS) is 14.7. The van der Waals surface area contributed by atoms with Crippen molar-refractivity contribution < 1.29 is 43.2 Å². The summed E-state index contributed by atoms with van der Waals surface area (Å²) < 4.78 is 25.5. The zero-order valence-corrected chi connectivity index (χ0v) is 20.1. The lowest BCUT2D eigenvalue weighted by molar-refractivity contribution is -0.140. The molecule has 0 rings (SSSR count). The largest absolute Gasteiger partial charge is 0.463 e. The Labute approximate surface area is 189 Å². The second kappa shape index (κ2) is 14.6. The van der Waals surface area contributed by atoms with Crippen molar-refractivity contribution in [1.29, 1.82) is 0 Å². The molecule has 0 aliphatic carbocycles. The Bertz CT molecular complexity index is 643. The summed E-state index contributed by atoms with van der Waals surface area (Å²) >= 11 is 0. The molecule has 12 nitrogen and oxygen atoms in total. The van der Waals surface area contributed by atoms with Gasteiger partial charge in [-0.3, -0.25) is 4.90 Å². The second-order valence-electron chi connectivity index (χ2n) is 7.68. The first-order valence-electron chi connectivity index (χ1n) is 9.97. The number of aliphatic hydroxyl groups excluding tert-OH is 1. The monoisotopic (exact) mass is 463 g/mol. The van der Waals surface area contributed by atoms with Gasteiger partial charge in [-0.25, -0.2) is 9.59 Å². The van der Waals surface area contributed by atoms with Crippen molar-refractivity contribution in [2.45, 2.75) is 58.2 Å². The number of hydrogen-bond acceptors (Lipinski definition) is 10. The van der Waals surface area contributed by atoms with Crippen molar-refractivity contribution in [3.63, 3.8) is 0 Å². The van der Waals surface area contributed by atoms with Gasteiger partial charge >= 0.3 is 12.1 Å². The summed E-state index contributed by atoms with van der Waals surface area (Å²) in [5.74, 6) is -1.38. The number of hydrogen-bond donors (Lipinski definition) is 2. The fourth-order valence-corrected chi connectivity index (χ4v) is 2.05. The van der Waals surface area contributed by atoms with Gasteiger partial charge in [0, 0.05) is 27.3 Å². The average molecular weight is 464 g/mol. The number of amidine groups is 1. The van der Waals surface area contributed by atoms with Crippen LogP contribution in [0.5, 0.6) is 0 Å². The van der Waals surface area contributed by atoms with E-state index in [1.54, 1.807) is 27.7 Å². The van der Waals surface area contributed by atoms with Gasteiger partial charge in [0.15, 0.2) is 12.1 Å². The summed E-state index contributed by atoms with van der Waals surface area (Å²) in [4.78, 5) is 30.8. The molecule has 1 unspecified atom stereocenters. The first-order valence-corrected chi connectivity index (χ1v) is 9.97. The topological polar surface area (TPSA) is 151 Å². The Morgan fingerprint density at radius 1 is 1.16 bits per heavy atom. The Kier molecular flexibility index (Phi) is 13.5.